The fourth-order valence-electron chi connectivity index (χ4n) is 3.05. The number of rotatable bonds is 5. The van der Waals surface area contributed by atoms with Gasteiger partial charge in [0.2, 0.25) is 0 Å². The maximum atomic E-state index is 12.9. The number of aromatic nitrogens is 3. The Balaban J connectivity index is 1.70. The van der Waals surface area contributed by atoms with Crippen LogP contribution in [0.25, 0.3) is 0 Å². The van der Waals surface area contributed by atoms with E-state index in [0.717, 1.165) is 25.8 Å². The van der Waals surface area contributed by atoms with Crippen LogP contribution in [0.15, 0.2) is 49.3 Å². The first-order chi connectivity index (χ1) is 11.8. The van der Waals surface area contributed by atoms with Crippen LogP contribution in [-0.2, 0) is 0 Å². The molecule has 24 heavy (non-hydrogen) atoms. The van der Waals surface area contributed by atoms with E-state index in [9.17, 15) is 4.79 Å². The molecule has 1 aromatic heterocycles. The van der Waals surface area contributed by atoms with E-state index in [1.807, 2.05) is 40.0 Å². The molecule has 126 valence electrons. The van der Waals surface area contributed by atoms with E-state index in [0.29, 0.717) is 30.5 Å². The van der Waals surface area contributed by atoms with Crippen LogP contribution in [0.5, 0.6) is 5.75 Å². The number of ether oxygens (including phenoxy) is 1. The van der Waals surface area contributed by atoms with Crippen LogP contribution in [0.4, 0.5) is 0 Å². The summed E-state index contributed by atoms with van der Waals surface area (Å²) in [5.74, 6) is 0.633. The lowest BCUT2D eigenvalue weighted by atomic mass is 10.1. The molecule has 2 heterocycles. The molecular formula is C18H22N4O2. The Hall–Kier alpha value is -2.63. The molecule has 0 N–H and O–H groups in total. The molecular weight excluding hydrogens is 304 g/mol. The Morgan fingerprint density at radius 1 is 1.33 bits per heavy atom. The number of benzene rings is 1. The Labute approximate surface area is 141 Å². The van der Waals surface area contributed by atoms with Crippen molar-refractivity contribution in [1.82, 2.24) is 19.9 Å². The van der Waals surface area contributed by atoms with Crippen LogP contribution in [0, 0.1) is 0 Å². The minimum absolute atomic E-state index is 0.0221. The zero-order valence-electron chi connectivity index (χ0n) is 13.7. The van der Waals surface area contributed by atoms with Gasteiger partial charge in [-0.3, -0.25) is 4.79 Å². The van der Waals surface area contributed by atoms with Gasteiger partial charge in [-0.05, 0) is 31.4 Å². The summed E-state index contributed by atoms with van der Waals surface area (Å²) in [4.78, 5) is 14.8. The Morgan fingerprint density at radius 2 is 2.21 bits per heavy atom. The van der Waals surface area contributed by atoms with Crippen molar-refractivity contribution in [3.8, 4) is 5.75 Å². The van der Waals surface area contributed by atoms with Crippen LogP contribution in [-0.4, -0.2) is 45.5 Å². The lowest BCUT2D eigenvalue weighted by Gasteiger charge is -2.22. The molecule has 1 aliphatic rings. The number of likely N-dealkylation sites (tertiary alicyclic amines) is 1. The van der Waals surface area contributed by atoms with Gasteiger partial charge in [0, 0.05) is 19.3 Å². The molecule has 0 saturated carbocycles. The van der Waals surface area contributed by atoms with Crippen molar-refractivity contribution >= 4 is 5.91 Å². The van der Waals surface area contributed by atoms with Crippen LogP contribution in [0.2, 0.25) is 0 Å². The molecule has 1 saturated heterocycles. The summed E-state index contributed by atoms with van der Waals surface area (Å²) in [5.41, 5.74) is 0.610. The van der Waals surface area contributed by atoms with E-state index in [4.69, 9.17) is 4.74 Å². The fraction of sp³-hybridized carbons (Fsp3) is 0.389. The Morgan fingerprint density at radius 3 is 3.00 bits per heavy atom. The van der Waals surface area contributed by atoms with Gasteiger partial charge in [-0.1, -0.05) is 30.0 Å². The molecule has 0 radical (unpaired) electrons. The van der Waals surface area contributed by atoms with E-state index >= 15 is 0 Å². The highest BCUT2D eigenvalue weighted by atomic mass is 16.5. The smallest absolute Gasteiger partial charge is 0.257 e. The first-order valence-electron chi connectivity index (χ1n) is 8.27. The topological polar surface area (TPSA) is 60.2 Å². The third kappa shape index (κ3) is 3.64. The van der Waals surface area contributed by atoms with Gasteiger partial charge < -0.3 is 9.64 Å². The predicted molar refractivity (Wildman–Crippen MR) is 90.9 cm³/mol. The van der Waals surface area contributed by atoms with Gasteiger partial charge in [0.25, 0.3) is 5.91 Å². The largest absolute Gasteiger partial charge is 0.489 e. The van der Waals surface area contributed by atoms with E-state index in [2.05, 4.69) is 16.9 Å². The molecule has 1 amide bonds. The second kappa shape index (κ2) is 7.77. The highest BCUT2D eigenvalue weighted by molar-refractivity contribution is 5.97. The SMILES string of the molecule is C=CCOc1ccccc1C(=O)N1CCCC(n2ccnn2)CC1. The molecule has 1 unspecified atom stereocenters. The molecule has 2 aromatic rings. The maximum absolute atomic E-state index is 12.9. The summed E-state index contributed by atoms with van der Waals surface area (Å²) in [5, 5.41) is 7.97. The van der Waals surface area contributed by atoms with E-state index < -0.39 is 0 Å². The van der Waals surface area contributed by atoms with Crippen molar-refractivity contribution in [2.75, 3.05) is 19.7 Å². The molecule has 1 aromatic carbocycles. The molecule has 0 aliphatic carbocycles. The monoisotopic (exact) mass is 326 g/mol. The van der Waals surface area contributed by atoms with Gasteiger partial charge in [0.15, 0.2) is 0 Å². The van der Waals surface area contributed by atoms with Crippen molar-refractivity contribution in [2.24, 2.45) is 0 Å². The number of para-hydroxylation sites is 1. The number of carbonyl (C=O) groups excluding carboxylic acids is 1. The highest BCUT2D eigenvalue weighted by Gasteiger charge is 2.24. The zero-order valence-corrected chi connectivity index (χ0v) is 13.7. The normalized spacial score (nSPS) is 18.0. The van der Waals surface area contributed by atoms with Crippen molar-refractivity contribution in [1.29, 1.82) is 0 Å². The van der Waals surface area contributed by atoms with Crippen molar-refractivity contribution < 1.29 is 9.53 Å². The predicted octanol–water partition coefficient (Wildman–Crippen LogP) is 2.71. The second-order valence-electron chi connectivity index (χ2n) is 5.86. The van der Waals surface area contributed by atoms with Gasteiger partial charge in [-0.25, -0.2) is 4.68 Å². The molecule has 3 rings (SSSR count). The minimum atomic E-state index is 0.0221. The molecule has 6 nitrogen and oxygen atoms in total. The fourth-order valence-corrected chi connectivity index (χ4v) is 3.05. The van der Waals surface area contributed by atoms with E-state index in [1.54, 1.807) is 12.3 Å². The zero-order chi connectivity index (χ0) is 16.8. The summed E-state index contributed by atoms with van der Waals surface area (Å²) >= 11 is 0. The van der Waals surface area contributed by atoms with Crippen molar-refractivity contribution in [3.05, 3.63) is 54.9 Å². The summed E-state index contributed by atoms with van der Waals surface area (Å²) in [6.07, 6.45) is 8.09. The van der Waals surface area contributed by atoms with Gasteiger partial charge in [-0.15, -0.1) is 5.10 Å². The van der Waals surface area contributed by atoms with E-state index in [-0.39, 0.29) is 5.91 Å². The average Bonchev–Trinajstić information content (AvgIpc) is 3.04. The number of amides is 1. The van der Waals surface area contributed by atoms with Gasteiger partial charge in [0.05, 0.1) is 17.8 Å². The van der Waals surface area contributed by atoms with Gasteiger partial charge >= 0.3 is 0 Å². The Bertz CT molecular complexity index is 684. The third-order valence-electron chi connectivity index (χ3n) is 4.27. The third-order valence-corrected chi connectivity index (χ3v) is 4.27. The maximum Gasteiger partial charge on any atom is 0.257 e. The van der Waals surface area contributed by atoms with Crippen molar-refractivity contribution in [3.63, 3.8) is 0 Å². The van der Waals surface area contributed by atoms with Crippen LogP contribution >= 0.6 is 0 Å². The Kier molecular flexibility index (Phi) is 5.25. The molecule has 0 bridgehead atoms. The van der Waals surface area contributed by atoms with Crippen LogP contribution < -0.4 is 4.74 Å². The first-order valence-corrected chi connectivity index (χ1v) is 8.27. The van der Waals surface area contributed by atoms with E-state index in [1.165, 1.54) is 0 Å². The summed E-state index contributed by atoms with van der Waals surface area (Å²) < 4.78 is 7.52. The quantitative estimate of drug-likeness (QED) is 0.793. The van der Waals surface area contributed by atoms with Gasteiger partial charge in [-0.2, -0.15) is 0 Å². The van der Waals surface area contributed by atoms with Crippen LogP contribution in [0.3, 0.4) is 0 Å². The lowest BCUT2D eigenvalue weighted by Crippen LogP contribution is -2.32. The molecule has 1 fully saturated rings. The van der Waals surface area contributed by atoms with Crippen molar-refractivity contribution in [2.45, 2.75) is 25.3 Å². The first kappa shape index (κ1) is 16.2. The number of hydrogen-bond acceptors (Lipinski definition) is 4. The summed E-state index contributed by atoms with van der Waals surface area (Å²) in [6.45, 7) is 5.50. The number of hydrogen-bond donors (Lipinski definition) is 0. The summed E-state index contributed by atoms with van der Waals surface area (Å²) in [7, 11) is 0. The molecule has 0 spiro atoms. The van der Waals surface area contributed by atoms with Gasteiger partial charge in [0.1, 0.15) is 12.4 Å². The lowest BCUT2D eigenvalue weighted by molar-refractivity contribution is 0.0756. The minimum Gasteiger partial charge on any atom is -0.489 e. The number of carbonyl (C=O) groups is 1. The standard InChI is InChI=1S/C18H22N4O2/c1-2-14-24-17-8-4-3-7-16(17)18(23)21-11-5-6-15(9-12-21)22-13-10-19-20-22/h2-4,7-8,10,13,15H,1,5-6,9,11-12,14H2. The highest BCUT2D eigenvalue weighted by Crippen LogP contribution is 2.25. The summed E-state index contributed by atoms with van der Waals surface area (Å²) in [6, 6.07) is 7.69. The average molecular weight is 326 g/mol. The number of nitrogens with zero attached hydrogens (tertiary/aromatic N) is 4. The second-order valence-corrected chi connectivity index (χ2v) is 5.86. The molecule has 6 heteroatoms. The molecule has 1 atom stereocenters. The van der Waals surface area contributed by atoms with Crippen LogP contribution in [0.1, 0.15) is 35.7 Å². The molecule has 1 aliphatic heterocycles.